The molecule has 0 spiro atoms. The molecule has 0 bridgehead atoms. The second-order valence-electron chi connectivity index (χ2n) is 9.84. The molecule has 3 heteroatoms. The van der Waals surface area contributed by atoms with Crippen LogP contribution in [0.1, 0.15) is 40.0 Å². The van der Waals surface area contributed by atoms with E-state index in [1.54, 1.807) is 6.08 Å². The quantitative estimate of drug-likeness (QED) is 0.358. The van der Waals surface area contributed by atoms with E-state index in [2.05, 4.69) is 101 Å². The molecule has 1 aliphatic rings. The average Bonchev–Trinajstić information content (AvgIpc) is 2.79. The van der Waals surface area contributed by atoms with E-state index in [4.69, 9.17) is 4.43 Å². The highest BCUT2D eigenvalue weighted by atomic mass is 28.4. The zero-order valence-corrected chi connectivity index (χ0v) is 20.7. The summed E-state index contributed by atoms with van der Waals surface area (Å²) in [5, 5.41) is 2.47. The molecule has 3 rings (SSSR count). The lowest BCUT2D eigenvalue weighted by molar-refractivity contribution is -0.115. The fourth-order valence-electron chi connectivity index (χ4n) is 5.13. The van der Waals surface area contributed by atoms with Crippen molar-refractivity contribution in [2.75, 3.05) is 6.61 Å². The molecule has 0 unspecified atom stereocenters. The monoisotopic (exact) mass is 444 g/mol. The largest absolute Gasteiger partial charge is 0.407 e. The van der Waals surface area contributed by atoms with Gasteiger partial charge >= 0.3 is 0 Å². The molecular formula is C29H36O2Si. The Balaban J connectivity index is 2.07. The summed E-state index contributed by atoms with van der Waals surface area (Å²) in [5.41, 5.74) is -0.178. The molecule has 32 heavy (non-hydrogen) atoms. The topological polar surface area (TPSA) is 26.3 Å². The van der Waals surface area contributed by atoms with E-state index in [1.165, 1.54) is 10.4 Å². The molecular weight excluding hydrogens is 408 g/mol. The van der Waals surface area contributed by atoms with E-state index in [0.717, 1.165) is 12.8 Å². The summed E-state index contributed by atoms with van der Waals surface area (Å²) in [5.74, 6) is 0.284. The molecule has 0 radical (unpaired) electrons. The summed E-state index contributed by atoms with van der Waals surface area (Å²) in [6.07, 6.45) is 9.97. The number of ketones is 1. The normalized spacial score (nSPS) is 20.0. The molecule has 0 saturated heterocycles. The van der Waals surface area contributed by atoms with Crippen molar-refractivity contribution in [1.82, 2.24) is 0 Å². The van der Waals surface area contributed by atoms with Crippen LogP contribution in [0.5, 0.6) is 0 Å². The minimum absolute atomic E-state index is 0.0780. The molecule has 168 valence electrons. The third kappa shape index (κ3) is 4.64. The molecule has 0 N–H and O–H groups in total. The lowest BCUT2D eigenvalue weighted by Gasteiger charge is -2.45. The summed E-state index contributed by atoms with van der Waals surface area (Å²) in [4.78, 5) is 11.9. The minimum atomic E-state index is -2.63. The summed E-state index contributed by atoms with van der Waals surface area (Å²) in [7, 11) is -2.63. The molecule has 0 heterocycles. The first-order valence-corrected chi connectivity index (χ1v) is 13.4. The van der Waals surface area contributed by atoms with Crippen LogP contribution in [0.4, 0.5) is 0 Å². The van der Waals surface area contributed by atoms with Gasteiger partial charge in [-0.3, -0.25) is 4.79 Å². The van der Waals surface area contributed by atoms with E-state index >= 15 is 0 Å². The van der Waals surface area contributed by atoms with Crippen molar-refractivity contribution in [3.05, 3.63) is 98.1 Å². The van der Waals surface area contributed by atoms with E-state index in [0.29, 0.717) is 13.0 Å². The fourth-order valence-corrected chi connectivity index (χ4v) is 9.71. The maximum Gasteiger partial charge on any atom is 0.261 e. The highest BCUT2D eigenvalue weighted by Gasteiger charge is 2.51. The Morgan fingerprint density at radius 3 is 2.00 bits per heavy atom. The van der Waals surface area contributed by atoms with Crippen LogP contribution in [-0.4, -0.2) is 20.7 Å². The number of allylic oxidation sites excluding steroid dienone is 3. The number of hydrogen-bond acceptors (Lipinski definition) is 2. The molecule has 0 amide bonds. The van der Waals surface area contributed by atoms with Crippen molar-refractivity contribution in [3.8, 4) is 0 Å². The predicted octanol–water partition coefficient (Wildman–Crippen LogP) is 5.85. The van der Waals surface area contributed by atoms with Gasteiger partial charge in [0.05, 0.1) is 0 Å². The van der Waals surface area contributed by atoms with E-state index in [-0.39, 0.29) is 22.2 Å². The summed E-state index contributed by atoms with van der Waals surface area (Å²) >= 11 is 0. The van der Waals surface area contributed by atoms with Crippen molar-refractivity contribution < 1.29 is 9.22 Å². The molecule has 2 atom stereocenters. The zero-order valence-electron chi connectivity index (χ0n) is 19.7. The first-order valence-electron chi connectivity index (χ1n) is 11.5. The molecule has 1 aliphatic carbocycles. The fraction of sp³-hybridized carbons (Fsp3) is 0.345. The van der Waals surface area contributed by atoms with Gasteiger partial charge in [0.1, 0.15) is 0 Å². The van der Waals surface area contributed by atoms with Crippen molar-refractivity contribution in [3.63, 3.8) is 0 Å². The number of carbonyl (C=O) groups excluding carboxylic acids is 1. The zero-order chi connectivity index (χ0) is 23.2. The standard InChI is InChI=1S/C29H36O2Si/c1-6-20-29(21-18-25(30)19-22-29)24(7-2)23-31-32(28(3,4)5,26-14-10-8-11-15-26)27-16-12-9-13-17-27/h6-18,21,24H,1-2,19-20,22-23H2,3-5H3/t24-,29+/m0/s1. The van der Waals surface area contributed by atoms with Gasteiger partial charge in [0, 0.05) is 24.4 Å². The maximum atomic E-state index is 11.9. The molecule has 0 aromatic heterocycles. The Hall–Kier alpha value is -2.49. The maximum absolute atomic E-state index is 11.9. The molecule has 2 aromatic carbocycles. The summed E-state index contributed by atoms with van der Waals surface area (Å²) in [6, 6.07) is 21.4. The highest BCUT2D eigenvalue weighted by Crippen LogP contribution is 2.44. The Bertz CT molecular complexity index is 916. The Kier molecular flexibility index (Phi) is 7.53. The van der Waals surface area contributed by atoms with Gasteiger partial charge < -0.3 is 4.43 Å². The second-order valence-corrected chi connectivity index (χ2v) is 14.1. The first-order chi connectivity index (χ1) is 15.3. The van der Waals surface area contributed by atoms with E-state index in [1.807, 2.05) is 12.2 Å². The molecule has 0 fully saturated rings. The minimum Gasteiger partial charge on any atom is -0.407 e. The van der Waals surface area contributed by atoms with Crippen LogP contribution in [0.2, 0.25) is 5.04 Å². The number of carbonyl (C=O) groups is 1. The third-order valence-electron chi connectivity index (χ3n) is 6.88. The van der Waals surface area contributed by atoms with Crippen LogP contribution in [0.3, 0.4) is 0 Å². The lowest BCUT2D eigenvalue weighted by Crippen LogP contribution is -2.67. The predicted molar refractivity (Wildman–Crippen MR) is 138 cm³/mol. The van der Waals surface area contributed by atoms with Crippen LogP contribution in [0.15, 0.2) is 98.1 Å². The molecule has 2 aromatic rings. The molecule has 2 nitrogen and oxygen atoms in total. The van der Waals surface area contributed by atoms with E-state index in [9.17, 15) is 4.79 Å². The van der Waals surface area contributed by atoms with Gasteiger partial charge in [0.15, 0.2) is 5.78 Å². The van der Waals surface area contributed by atoms with Gasteiger partial charge in [-0.25, -0.2) is 0 Å². The first kappa shape index (κ1) is 24.2. The summed E-state index contributed by atoms with van der Waals surface area (Å²) in [6.45, 7) is 15.6. The number of rotatable bonds is 9. The van der Waals surface area contributed by atoms with Gasteiger partial charge in [-0.2, -0.15) is 0 Å². The Labute approximate surface area is 194 Å². The smallest absolute Gasteiger partial charge is 0.261 e. The molecule has 0 saturated carbocycles. The van der Waals surface area contributed by atoms with Crippen molar-refractivity contribution in [1.29, 1.82) is 0 Å². The van der Waals surface area contributed by atoms with Crippen LogP contribution < -0.4 is 10.4 Å². The van der Waals surface area contributed by atoms with Crippen LogP contribution >= 0.6 is 0 Å². The lowest BCUT2D eigenvalue weighted by atomic mass is 9.67. The SMILES string of the molecule is C=CC[C@@]1([C@@H](C=C)CO[Si](c2ccccc2)(c2ccccc2)C(C)(C)C)C=CC(=O)CC1. The second kappa shape index (κ2) is 9.97. The Morgan fingerprint density at radius 2 is 1.59 bits per heavy atom. The van der Waals surface area contributed by atoms with Gasteiger partial charge in [-0.15, -0.1) is 13.2 Å². The Morgan fingerprint density at radius 1 is 1.03 bits per heavy atom. The van der Waals surface area contributed by atoms with Gasteiger partial charge in [-0.1, -0.05) is 99.7 Å². The number of benzene rings is 2. The van der Waals surface area contributed by atoms with Gasteiger partial charge in [0.25, 0.3) is 8.32 Å². The molecule has 0 aliphatic heterocycles. The van der Waals surface area contributed by atoms with Crippen LogP contribution in [0.25, 0.3) is 0 Å². The summed E-state index contributed by atoms with van der Waals surface area (Å²) < 4.78 is 7.19. The van der Waals surface area contributed by atoms with Gasteiger partial charge in [-0.05, 0) is 34.3 Å². The van der Waals surface area contributed by atoms with Crippen LogP contribution in [0, 0.1) is 11.3 Å². The van der Waals surface area contributed by atoms with Crippen molar-refractivity contribution in [2.45, 2.75) is 45.1 Å². The number of hydrogen-bond donors (Lipinski definition) is 0. The van der Waals surface area contributed by atoms with E-state index < -0.39 is 8.32 Å². The van der Waals surface area contributed by atoms with Crippen molar-refractivity contribution in [2.24, 2.45) is 11.3 Å². The van der Waals surface area contributed by atoms with Gasteiger partial charge in [0.2, 0.25) is 0 Å². The third-order valence-corrected chi connectivity index (χ3v) is 11.9. The van der Waals surface area contributed by atoms with Crippen LogP contribution in [-0.2, 0) is 9.22 Å². The average molecular weight is 445 g/mol. The van der Waals surface area contributed by atoms with Crippen molar-refractivity contribution >= 4 is 24.5 Å². The highest BCUT2D eigenvalue weighted by molar-refractivity contribution is 6.99.